The molecule has 1 heterocycles. The van der Waals surface area contributed by atoms with Crippen molar-refractivity contribution in [2.75, 3.05) is 0 Å². The fourth-order valence-corrected chi connectivity index (χ4v) is 2.49. The van der Waals surface area contributed by atoms with E-state index >= 15 is 0 Å². The number of fused-ring (bicyclic) bond motifs is 1. The molecule has 0 aliphatic heterocycles. The van der Waals surface area contributed by atoms with Gasteiger partial charge in [-0.3, -0.25) is 0 Å². The fourth-order valence-electron chi connectivity index (χ4n) is 2.49. The summed E-state index contributed by atoms with van der Waals surface area (Å²) in [6.45, 7) is 2.25. The summed E-state index contributed by atoms with van der Waals surface area (Å²) in [5, 5.41) is 10.4. The van der Waals surface area contributed by atoms with Gasteiger partial charge < -0.3 is 9.67 Å². The predicted octanol–water partition coefficient (Wildman–Crippen LogP) is 3.83. The van der Waals surface area contributed by atoms with Crippen LogP contribution in [0.1, 0.15) is 6.92 Å². The maximum absolute atomic E-state index is 14.2. The lowest BCUT2D eigenvalue weighted by Crippen LogP contribution is -2.10. The second-order valence-corrected chi connectivity index (χ2v) is 5.07. The van der Waals surface area contributed by atoms with Gasteiger partial charge in [0.2, 0.25) is 0 Å². The highest BCUT2D eigenvalue weighted by Crippen LogP contribution is 2.28. The average Bonchev–Trinajstić information content (AvgIpc) is 2.80. The molecule has 0 bridgehead atoms. The van der Waals surface area contributed by atoms with Gasteiger partial charge in [-0.2, -0.15) is 0 Å². The minimum atomic E-state index is -0.434. The molecule has 0 aliphatic rings. The molecule has 2 aromatic carbocycles. The van der Waals surface area contributed by atoms with Crippen LogP contribution >= 0.6 is 0 Å². The zero-order chi connectivity index (χ0) is 14.1. The zero-order valence-electron chi connectivity index (χ0n) is 11.3. The molecule has 0 radical (unpaired) electrons. The third-order valence-electron chi connectivity index (χ3n) is 3.41. The molecule has 3 heteroatoms. The Kier molecular flexibility index (Phi) is 3.28. The van der Waals surface area contributed by atoms with Crippen LogP contribution in [0.3, 0.4) is 0 Å². The summed E-state index contributed by atoms with van der Waals surface area (Å²) < 4.78 is 16.2. The van der Waals surface area contributed by atoms with E-state index in [0.29, 0.717) is 12.1 Å². The van der Waals surface area contributed by atoms with Gasteiger partial charge in [-0.15, -0.1) is 0 Å². The molecule has 102 valence electrons. The van der Waals surface area contributed by atoms with E-state index in [0.717, 1.165) is 16.5 Å². The van der Waals surface area contributed by atoms with Crippen LogP contribution in [0.25, 0.3) is 22.0 Å². The van der Waals surface area contributed by atoms with Crippen LogP contribution in [0.5, 0.6) is 0 Å². The van der Waals surface area contributed by atoms with Gasteiger partial charge in [-0.25, -0.2) is 4.39 Å². The number of hydrogen-bond acceptors (Lipinski definition) is 1. The Morgan fingerprint density at radius 1 is 1.15 bits per heavy atom. The number of aromatic nitrogens is 1. The van der Waals surface area contributed by atoms with Crippen molar-refractivity contribution < 1.29 is 9.50 Å². The van der Waals surface area contributed by atoms with E-state index in [-0.39, 0.29) is 5.82 Å². The van der Waals surface area contributed by atoms with E-state index in [9.17, 15) is 9.50 Å². The molecule has 0 spiro atoms. The molecule has 0 saturated carbocycles. The first-order chi connectivity index (χ1) is 9.65. The van der Waals surface area contributed by atoms with E-state index in [1.54, 1.807) is 13.0 Å². The third-order valence-corrected chi connectivity index (χ3v) is 3.41. The highest BCUT2D eigenvalue weighted by molar-refractivity contribution is 5.85. The number of benzene rings is 2. The van der Waals surface area contributed by atoms with Crippen molar-refractivity contribution in [2.24, 2.45) is 0 Å². The summed E-state index contributed by atoms with van der Waals surface area (Å²) in [5.41, 5.74) is 2.38. The topological polar surface area (TPSA) is 25.2 Å². The van der Waals surface area contributed by atoms with Crippen LogP contribution in [-0.4, -0.2) is 15.8 Å². The van der Waals surface area contributed by atoms with Crippen LogP contribution in [0.15, 0.2) is 54.7 Å². The summed E-state index contributed by atoms with van der Waals surface area (Å²) in [6.07, 6.45) is 1.45. The quantitative estimate of drug-likeness (QED) is 0.768. The van der Waals surface area contributed by atoms with Crippen molar-refractivity contribution in [1.82, 2.24) is 4.57 Å². The number of aliphatic hydroxyl groups excluding tert-OH is 1. The molecule has 1 N–H and O–H groups in total. The Labute approximate surface area is 117 Å². The molecule has 20 heavy (non-hydrogen) atoms. The summed E-state index contributed by atoms with van der Waals surface area (Å²) in [6, 6.07) is 14.8. The Balaban J connectivity index is 2.16. The highest BCUT2D eigenvalue weighted by atomic mass is 19.1. The predicted molar refractivity (Wildman–Crippen MR) is 79.0 cm³/mol. The molecule has 0 saturated heterocycles. The van der Waals surface area contributed by atoms with Crippen molar-refractivity contribution in [3.63, 3.8) is 0 Å². The van der Waals surface area contributed by atoms with Gasteiger partial charge in [-0.1, -0.05) is 30.3 Å². The minimum Gasteiger partial charge on any atom is -0.392 e. The van der Waals surface area contributed by atoms with Gasteiger partial charge in [0, 0.05) is 29.2 Å². The van der Waals surface area contributed by atoms with Gasteiger partial charge >= 0.3 is 0 Å². The van der Waals surface area contributed by atoms with Crippen LogP contribution < -0.4 is 0 Å². The van der Waals surface area contributed by atoms with Crippen molar-refractivity contribution in [3.05, 3.63) is 60.5 Å². The zero-order valence-corrected chi connectivity index (χ0v) is 11.3. The lowest BCUT2D eigenvalue weighted by molar-refractivity contribution is 0.175. The van der Waals surface area contributed by atoms with E-state index in [1.165, 1.54) is 0 Å². The standard InChI is InChI=1S/C17H16FNO/c1-12(20)11-19-8-7-14-9-16(18)15(10-17(14)19)13-5-3-2-4-6-13/h2-10,12,20H,11H2,1H3. The van der Waals surface area contributed by atoms with E-state index in [1.807, 2.05) is 53.2 Å². The van der Waals surface area contributed by atoms with Crippen molar-refractivity contribution in [2.45, 2.75) is 19.6 Å². The monoisotopic (exact) mass is 269 g/mol. The molecule has 3 rings (SSSR count). The fraction of sp³-hybridized carbons (Fsp3) is 0.176. The maximum Gasteiger partial charge on any atom is 0.131 e. The Hall–Kier alpha value is -2.13. The van der Waals surface area contributed by atoms with Crippen molar-refractivity contribution in [1.29, 1.82) is 0 Å². The summed E-state index contributed by atoms with van der Waals surface area (Å²) in [7, 11) is 0. The minimum absolute atomic E-state index is 0.224. The normalized spacial score (nSPS) is 12.8. The maximum atomic E-state index is 14.2. The number of aliphatic hydroxyl groups is 1. The van der Waals surface area contributed by atoms with Gasteiger partial charge in [0.1, 0.15) is 5.82 Å². The molecule has 1 atom stereocenters. The van der Waals surface area contributed by atoms with Crippen molar-refractivity contribution in [3.8, 4) is 11.1 Å². The van der Waals surface area contributed by atoms with Crippen LogP contribution in [-0.2, 0) is 6.54 Å². The Morgan fingerprint density at radius 3 is 2.60 bits per heavy atom. The highest BCUT2D eigenvalue weighted by Gasteiger charge is 2.10. The number of nitrogens with zero attached hydrogens (tertiary/aromatic N) is 1. The number of rotatable bonds is 3. The summed E-state index contributed by atoms with van der Waals surface area (Å²) >= 11 is 0. The van der Waals surface area contributed by atoms with E-state index < -0.39 is 6.10 Å². The molecule has 0 amide bonds. The number of halogens is 1. The lowest BCUT2D eigenvalue weighted by Gasteiger charge is -2.10. The average molecular weight is 269 g/mol. The molecular formula is C17H16FNO. The van der Waals surface area contributed by atoms with Gasteiger partial charge in [0.25, 0.3) is 0 Å². The molecule has 1 unspecified atom stereocenters. The van der Waals surface area contributed by atoms with E-state index in [4.69, 9.17) is 0 Å². The smallest absolute Gasteiger partial charge is 0.131 e. The summed E-state index contributed by atoms with van der Waals surface area (Å²) in [5.74, 6) is -0.224. The third kappa shape index (κ3) is 2.32. The molecule has 3 aromatic rings. The van der Waals surface area contributed by atoms with Gasteiger partial charge in [0.05, 0.1) is 6.10 Å². The Morgan fingerprint density at radius 2 is 1.90 bits per heavy atom. The molecule has 1 aromatic heterocycles. The molecular weight excluding hydrogens is 253 g/mol. The largest absolute Gasteiger partial charge is 0.392 e. The SMILES string of the molecule is CC(O)Cn1ccc2cc(F)c(-c3ccccc3)cc21. The van der Waals surface area contributed by atoms with Crippen LogP contribution in [0.4, 0.5) is 4.39 Å². The van der Waals surface area contributed by atoms with E-state index in [2.05, 4.69) is 0 Å². The molecule has 2 nitrogen and oxygen atoms in total. The first kappa shape index (κ1) is 12.9. The number of hydrogen-bond donors (Lipinski definition) is 1. The first-order valence-electron chi connectivity index (χ1n) is 6.67. The first-order valence-corrected chi connectivity index (χ1v) is 6.67. The van der Waals surface area contributed by atoms with Gasteiger partial charge in [-0.05, 0) is 30.7 Å². The van der Waals surface area contributed by atoms with Crippen LogP contribution in [0.2, 0.25) is 0 Å². The second kappa shape index (κ2) is 5.10. The molecule has 0 aliphatic carbocycles. The Bertz CT molecular complexity index is 731. The lowest BCUT2D eigenvalue weighted by atomic mass is 10.0. The van der Waals surface area contributed by atoms with Crippen LogP contribution in [0, 0.1) is 5.82 Å². The molecule has 0 fully saturated rings. The van der Waals surface area contributed by atoms with Gasteiger partial charge in [0.15, 0.2) is 0 Å². The second-order valence-electron chi connectivity index (χ2n) is 5.07. The summed E-state index contributed by atoms with van der Waals surface area (Å²) in [4.78, 5) is 0. The van der Waals surface area contributed by atoms with Crippen molar-refractivity contribution >= 4 is 10.9 Å².